The molecule has 0 aliphatic carbocycles. The monoisotopic (exact) mass is 304 g/mol. The number of likely N-dealkylation sites (tertiary alicyclic amines) is 1. The van der Waals surface area contributed by atoms with Gasteiger partial charge in [-0.3, -0.25) is 9.59 Å². The van der Waals surface area contributed by atoms with Crippen molar-refractivity contribution >= 4 is 17.6 Å². The van der Waals surface area contributed by atoms with Gasteiger partial charge in [0.2, 0.25) is 5.91 Å². The minimum absolute atomic E-state index is 0.00724. The molecule has 2 rings (SSSR count). The first kappa shape index (κ1) is 16.3. The van der Waals surface area contributed by atoms with Crippen molar-refractivity contribution in [2.75, 3.05) is 25.0 Å². The van der Waals surface area contributed by atoms with Gasteiger partial charge in [0.05, 0.1) is 11.0 Å². The minimum atomic E-state index is -0.705. The van der Waals surface area contributed by atoms with Crippen LogP contribution in [0, 0.1) is 5.41 Å². The molecule has 6 nitrogen and oxygen atoms in total. The highest BCUT2D eigenvalue weighted by molar-refractivity contribution is 5.98. The second-order valence-electron chi connectivity index (χ2n) is 6.35. The fourth-order valence-corrected chi connectivity index (χ4v) is 2.38. The van der Waals surface area contributed by atoms with Crippen LogP contribution in [0.4, 0.5) is 5.82 Å². The summed E-state index contributed by atoms with van der Waals surface area (Å²) < 4.78 is 0. The summed E-state index contributed by atoms with van der Waals surface area (Å²) >= 11 is 0. The third-order valence-electron chi connectivity index (χ3n) is 4.05. The molecule has 1 aliphatic rings. The van der Waals surface area contributed by atoms with Gasteiger partial charge in [0, 0.05) is 25.8 Å². The predicted molar refractivity (Wildman–Crippen MR) is 85.5 cm³/mol. The van der Waals surface area contributed by atoms with E-state index in [4.69, 9.17) is 5.73 Å². The first-order valence-corrected chi connectivity index (χ1v) is 7.70. The van der Waals surface area contributed by atoms with Gasteiger partial charge in [-0.1, -0.05) is 0 Å². The number of rotatable bonds is 5. The Morgan fingerprint density at radius 2 is 2.00 bits per heavy atom. The molecule has 1 aromatic rings. The molecule has 2 amide bonds. The van der Waals surface area contributed by atoms with Crippen molar-refractivity contribution in [2.45, 2.75) is 33.1 Å². The summed E-state index contributed by atoms with van der Waals surface area (Å²) in [6, 6.07) is 3.52. The van der Waals surface area contributed by atoms with Gasteiger partial charge >= 0.3 is 0 Å². The van der Waals surface area contributed by atoms with Crippen LogP contribution < -0.4 is 11.1 Å². The molecule has 0 aromatic carbocycles. The predicted octanol–water partition coefficient (Wildman–Crippen LogP) is 1.63. The largest absolute Gasteiger partial charge is 0.369 e. The van der Waals surface area contributed by atoms with E-state index < -0.39 is 5.41 Å². The maximum absolute atomic E-state index is 12.6. The lowest BCUT2D eigenvalue weighted by molar-refractivity contribution is -0.125. The molecule has 120 valence electrons. The van der Waals surface area contributed by atoms with Crippen LogP contribution in [0.1, 0.15) is 43.5 Å². The zero-order valence-corrected chi connectivity index (χ0v) is 13.3. The van der Waals surface area contributed by atoms with Crippen molar-refractivity contribution in [1.82, 2.24) is 9.88 Å². The Bertz CT molecular complexity index is 551. The Balaban J connectivity index is 2.12. The molecule has 0 atom stereocenters. The van der Waals surface area contributed by atoms with Crippen molar-refractivity contribution in [2.24, 2.45) is 11.1 Å². The molecular formula is C16H24N4O2. The minimum Gasteiger partial charge on any atom is -0.369 e. The van der Waals surface area contributed by atoms with Gasteiger partial charge in [0.15, 0.2) is 0 Å². The smallest absolute Gasteiger partial charge is 0.257 e. The molecular weight excluding hydrogens is 280 g/mol. The maximum Gasteiger partial charge on any atom is 0.257 e. The van der Waals surface area contributed by atoms with Crippen LogP contribution in [0.2, 0.25) is 0 Å². The number of aromatic nitrogens is 1. The molecule has 0 bridgehead atoms. The number of piperidine rings is 1. The van der Waals surface area contributed by atoms with Gasteiger partial charge < -0.3 is 16.0 Å². The van der Waals surface area contributed by atoms with Crippen LogP contribution in [0.25, 0.3) is 0 Å². The van der Waals surface area contributed by atoms with Crippen molar-refractivity contribution < 1.29 is 9.59 Å². The van der Waals surface area contributed by atoms with Crippen LogP contribution in [0.15, 0.2) is 18.3 Å². The van der Waals surface area contributed by atoms with Crippen molar-refractivity contribution in [3.63, 3.8) is 0 Å². The SMILES string of the molecule is CC(C)(CNc1ncccc1C(=O)N1CCCCC1)C(N)=O. The fraction of sp³-hybridized carbons (Fsp3) is 0.562. The number of nitrogens with zero attached hydrogens (tertiary/aromatic N) is 2. The summed E-state index contributed by atoms with van der Waals surface area (Å²) in [5, 5.41) is 3.10. The third-order valence-corrected chi connectivity index (χ3v) is 4.05. The molecule has 1 aromatic heterocycles. The third kappa shape index (κ3) is 3.75. The summed E-state index contributed by atoms with van der Waals surface area (Å²) in [4.78, 5) is 30.1. The Hall–Kier alpha value is -2.11. The zero-order chi connectivity index (χ0) is 16.2. The number of carbonyl (C=O) groups excluding carboxylic acids is 2. The molecule has 1 aliphatic heterocycles. The highest BCUT2D eigenvalue weighted by Gasteiger charge is 2.26. The van der Waals surface area contributed by atoms with E-state index >= 15 is 0 Å². The van der Waals surface area contributed by atoms with E-state index in [2.05, 4.69) is 10.3 Å². The summed E-state index contributed by atoms with van der Waals surface area (Å²) in [7, 11) is 0. The standard InChI is InChI=1S/C16H24N4O2/c1-16(2,15(17)22)11-19-13-12(7-6-8-18-13)14(21)20-9-4-3-5-10-20/h6-8H,3-5,9-11H2,1-2H3,(H2,17,22)(H,18,19). The van der Waals surface area contributed by atoms with E-state index in [1.807, 2.05) is 4.90 Å². The Kier molecular flexibility index (Phi) is 5.00. The molecule has 0 unspecified atom stereocenters. The number of primary amides is 1. The fourth-order valence-electron chi connectivity index (χ4n) is 2.38. The summed E-state index contributed by atoms with van der Waals surface area (Å²) in [5.74, 6) is 0.111. The zero-order valence-electron chi connectivity index (χ0n) is 13.3. The molecule has 1 fully saturated rings. The van der Waals surface area contributed by atoms with Crippen LogP contribution in [0.3, 0.4) is 0 Å². The van der Waals surface area contributed by atoms with Crippen molar-refractivity contribution in [3.05, 3.63) is 23.9 Å². The highest BCUT2D eigenvalue weighted by Crippen LogP contribution is 2.20. The van der Waals surface area contributed by atoms with E-state index in [0.717, 1.165) is 25.9 Å². The number of hydrogen-bond acceptors (Lipinski definition) is 4. The molecule has 0 spiro atoms. The Labute approximate surface area is 131 Å². The van der Waals surface area contributed by atoms with Gasteiger partial charge in [0.1, 0.15) is 5.82 Å². The molecule has 6 heteroatoms. The normalized spacial score (nSPS) is 15.5. The maximum atomic E-state index is 12.6. The molecule has 0 radical (unpaired) electrons. The topological polar surface area (TPSA) is 88.3 Å². The first-order chi connectivity index (χ1) is 10.4. The summed E-state index contributed by atoms with van der Waals surface area (Å²) in [6.45, 7) is 5.44. The number of carbonyl (C=O) groups is 2. The molecule has 22 heavy (non-hydrogen) atoms. The van der Waals surface area contributed by atoms with E-state index in [9.17, 15) is 9.59 Å². The number of nitrogens with one attached hydrogen (secondary N) is 1. The lowest BCUT2D eigenvalue weighted by Gasteiger charge is -2.28. The van der Waals surface area contributed by atoms with Crippen LogP contribution in [0.5, 0.6) is 0 Å². The highest BCUT2D eigenvalue weighted by atomic mass is 16.2. The van der Waals surface area contributed by atoms with Gasteiger partial charge in [-0.15, -0.1) is 0 Å². The van der Waals surface area contributed by atoms with Crippen LogP contribution in [-0.4, -0.2) is 41.3 Å². The van der Waals surface area contributed by atoms with Crippen molar-refractivity contribution in [3.8, 4) is 0 Å². The molecule has 1 saturated heterocycles. The van der Waals surface area contributed by atoms with Gasteiger partial charge in [-0.05, 0) is 45.2 Å². The van der Waals surface area contributed by atoms with Gasteiger partial charge in [-0.25, -0.2) is 4.98 Å². The molecule has 2 heterocycles. The molecule has 3 N–H and O–H groups in total. The van der Waals surface area contributed by atoms with Crippen LogP contribution in [-0.2, 0) is 4.79 Å². The van der Waals surface area contributed by atoms with Crippen molar-refractivity contribution in [1.29, 1.82) is 0 Å². The lowest BCUT2D eigenvalue weighted by Crippen LogP contribution is -2.38. The molecule has 0 saturated carbocycles. The van der Waals surface area contributed by atoms with Gasteiger partial charge in [0.25, 0.3) is 5.91 Å². The average Bonchev–Trinajstić information content (AvgIpc) is 2.53. The number of pyridine rings is 1. The average molecular weight is 304 g/mol. The second-order valence-corrected chi connectivity index (χ2v) is 6.35. The van der Waals surface area contributed by atoms with E-state index in [1.165, 1.54) is 6.42 Å². The van der Waals surface area contributed by atoms with E-state index in [0.29, 0.717) is 17.9 Å². The quantitative estimate of drug-likeness (QED) is 0.865. The Morgan fingerprint density at radius 1 is 1.32 bits per heavy atom. The van der Waals surface area contributed by atoms with Gasteiger partial charge in [-0.2, -0.15) is 0 Å². The lowest BCUT2D eigenvalue weighted by atomic mass is 9.93. The number of hydrogen-bond donors (Lipinski definition) is 2. The van der Waals surface area contributed by atoms with E-state index in [-0.39, 0.29) is 11.8 Å². The summed E-state index contributed by atoms with van der Waals surface area (Å²) in [5.41, 5.74) is 5.22. The Morgan fingerprint density at radius 3 is 2.64 bits per heavy atom. The summed E-state index contributed by atoms with van der Waals surface area (Å²) in [6.07, 6.45) is 4.90. The first-order valence-electron chi connectivity index (χ1n) is 7.70. The van der Waals surface area contributed by atoms with E-state index in [1.54, 1.807) is 32.2 Å². The second kappa shape index (κ2) is 6.77. The number of amides is 2. The number of nitrogens with two attached hydrogens (primary N) is 1. The number of anilines is 1. The van der Waals surface area contributed by atoms with Crippen LogP contribution >= 0.6 is 0 Å².